The molecule has 1 aliphatic carbocycles. The molecule has 0 aliphatic heterocycles. The van der Waals surface area contributed by atoms with Crippen molar-refractivity contribution in [2.45, 2.75) is 45.6 Å². The second kappa shape index (κ2) is 4.62. The van der Waals surface area contributed by atoms with Crippen LogP contribution in [0.25, 0.3) is 0 Å². The van der Waals surface area contributed by atoms with E-state index in [1.54, 1.807) is 0 Å². The van der Waals surface area contributed by atoms with Gasteiger partial charge in [0, 0.05) is 17.1 Å². The van der Waals surface area contributed by atoms with Crippen LogP contribution in [0.2, 0.25) is 5.02 Å². The van der Waals surface area contributed by atoms with Crippen molar-refractivity contribution >= 4 is 11.6 Å². The van der Waals surface area contributed by atoms with Gasteiger partial charge in [-0.05, 0) is 63.1 Å². The molecule has 1 fully saturated rings. The van der Waals surface area contributed by atoms with Crippen molar-refractivity contribution in [3.8, 4) is 0 Å². The van der Waals surface area contributed by atoms with Gasteiger partial charge < -0.3 is 5.32 Å². The van der Waals surface area contributed by atoms with Gasteiger partial charge in [0.25, 0.3) is 0 Å². The summed E-state index contributed by atoms with van der Waals surface area (Å²) in [6.07, 6.45) is 3.87. The summed E-state index contributed by atoms with van der Waals surface area (Å²) in [6.45, 7) is 7.81. The summed E-state index contributed by atoms with van der Waals surface area (Å²) in [5.41, 5.74) is 2.12. The molecular weight excluding hydrogens is 230 g/mol. The molecule has 17 heavy (non-hydrogen) atoms. The van der Waals surface area contributed by atoms with Crippen LogP contribution < -0.4 is 5.32 Å². The van der Waals surface area contributed by atoms with Crippen LogP contribution >= 0.6 is 11.6 Å². The van der Waals surface area contributed by atoms with Gasteiger partial charge in [-0.2, -0.15) is 0 Å². The molecule has 1 aromatic rings. The number of benzene rings is 1. The van der Waals surface area contributed by atoms with Crippen molar-refractivity contribution in [3.05, 3.63) is 34.9 Å². The Morgan fingerprint density at radius 2 is 1.76 bits per heavy atom. The van der Waals surface area contributed by atoms with Crippen LogP contribution in [-0.2, 0) is 6.42 Å². The van der Waals surface area contributed by atoms with Gasteiger partial charge in [-0.1, -0.05) is 23.7 Å². The predicted molar refractivity (Wildman–Crippen MR) is 74.6 cm³/mol. The molecule has 0 bridgehead atoms. The largest absolute Gasteiger partial charge is 0.312 e. The van der Waals surface area contributed by atoms with E-state index >= 15 is 0 Å². The fourth-order valence-corrected chi connectivity index (χ4v) is 2.21. The van der Waals surface area contributed by atoms with Crippen molar-refractivity contribution in [3.63, 3.8) is 0 Å². The molecule has 1 saturated carbocycles. The van der Waals surface area contributed by atoms with E-state index < -0.39 is 0 Å². The highest BCUT2D eigenvalue weighted by molar-refractivity contribution is 6.30. The lowest BCUT2D eigenvalue weighted by atomic mass is 9.95. The normalized spacial score (nSPS) is 18.1. The van der Waals surface area contributed by atoms with E-state index in [-0.39, 0.29) is 5.54 Å². The van der Waals surface area contributed by atoms with E-state index in [0.29, 0.717) is 5.41 Å². The van der Waals surface area contributed by atoms with E-state index in [1.165, 1.54) is 24.8 Å². The summed E-state index contributed by atoms with van der Waals surface area (Å²) in [5, 5.41) is 4.46. The zero-order valence-electron chi connectivity index (χ0n) is 11.0. The van der Waals surface area contributed by atoms with Crippen LogP contribution in [0.4, 0.5) is 0 Å². The first-order valence-electron chi connectivity index (χ1n) is 6.38. The SMILES string of the molecule is CC(C)(C)NCC1(Cc2ccc(Cl)cc2)CC1. The minimum atomic E-state index is 0.218. The minimum Gasteiger partial charge on any atom is -0.312 e. The summed E-state index contributed by atoms with van der Waals surface area (Å²) in [7, 11) is 0. The highest BCUT2D eigenvalue weighted by Crippen LogP contribution is 2.48. The van der Waals surface area contributed by atoms with E-state index in [0.717, 1.165) is 11.6 Å². The third kappa shape index (κ3) is 4.01. The molecule has 2 rings (SSSR count). The fraction of sp³-hybridized carbons (Fsp3) is 0.600. The second-order valence-electron chi connectivity index (χ2n) is 6.41. The lowest BCUT2D eigenvalue weighted by Crippen LogP contribution is -2.40. The zero-order chi connectivity index (χ0) is 12.5. The highest BCUT2D eigenvalue weighted by atomic mass is 35.5. The van der Waals surface area contributed by atoms with E-state index in [1.807, 2.05) is 12.1 Å². The van der Waals surface area contributed by atoms with Crippen LogP contribution in [0.1, 0.15) is 39.2 Å². The number of hydrogen-bond donors (Lipinski definition) is 1. The van der Waals surface area contributed by atoms with E-state index in [2.05, 4.69) is 38.2 Å². The standard InChI is InChI=1S/C15H22ClN/c1-14(2,3)17-11-15(8-9-15)10-12-4-6-13(16)7-5-12/h4-7,17H,8-11H2,1-3H3. The summed E-state index contributed by atoms with van der Waals surface area (Å²) in [4.78, 5) is 0. The number of rotatable bonds is 4. The van der Waals surface area contributed by atoms with Gasteiger partial charge in [0.05, 0.1) is 0 Å². The van der Waals surface area contributed by atoms with Gasteiger partial charge in [0.1, 0.15) is 0 Å². The fourth-order valence-electron chi connectivity index (χ4n) is 2.08. The van der Waals surface area contributed by atoms with Gasteiger partial charge in [0.2, 0.25) is 0 Å². The molecule has 0 unspecified atom stereocenters. The number of nitrogens with one attached hydrogen (secondary N) is 1. The summed E-state index contributed by atoms with van der Waals surface area (Å²) >= 11 is 5.91. The summed E-state index contributed by atoms with van der Waals surface area (Å²) < 4.78 is 0. The average Bonchev–Trinajstić information content (AvgIpc) is 2.99. The monoisotopic (exact) mass is 251 g/mol. The molecule has 0 saturated heterocycles. The molecule has 1 aromatic carbocycles. The first kappa shape index (κ1) is 12.9. The molecule has 0 atom stereocenters. The Hall–Kier alpha value is -0.530. The van der Waals surface area contributed by atoms with Crippen molar-refractivity contribution in [1.29, 1.82) is 0 Å². The van der Waals surface area contributed by atoms with Gasteiger partial charge in [-0.25, -0.2) is 0 Å². The van der Waals surface area contributed by atoms with Crippen molar-refractivity contribution in [2.75, 3.05) is 6.54 Å². The maximum Gasteiger partial charge on any atom is 0.0406 e. The van der Waals surface area contributed by atoms with Gasteiger partial charge in [-0.3, -0.25) is 0 Å². The number of halogens is 1. The Kier molecular flexibility index (Phi) is 3.51. The number of hydrogen-bond acceptors (Lipinski definition) is 1. The average molecular weight is 252 g/mol. The zero-order valence-corrected chi connectivity index (χ0v) is 11.8. The quantitative estimate of drug-likeness (QED) is 0.851. The van der Waals surface area contributed by atoms with Crippen LogP contribution in [-0.4, -0.2) is 12.1 Å². The van der Waals surface area contributed by atoms with Gasteiger partial charge >= 0.3 is 0 Å². The van der Waals surface area contributed by atoms with Crippen LogP contribution in [0.3, 0.4) is 0 Å². The summed E-state index contributed by atoms with van der Waals surface area (Å²) in [6, 6.07) is 8.29. The van der Waals surface area contributed by atoms with Gasteiger partial charge in [-0.15, -0.1) is 0 Å². The molecular formula is C15H22ClN. The Bertz CT molecular complexity index is 371. The smallest absolute Gasteiger partial charge is 0.0406 e. The Morgan fingerprint density at radius 1 is 1.18 bits per heavy atom. The molecule has 0 heterocycles. The Balaban J connectivity index is 1.92. The third-order valence-corrected chi connectivity index (χ3v) is 3.70. The topological polar surface area (TPSA) is 12.0 Å². The molecule has 1 aliphatic rings. The molecule has 2 heteroatoms. The van der Waals surface area contributed by atoms with Crippen LogP contribution in [0.15, 0.2) is 24.3 Å². The molecule has 0 amide bonds. The van der Waals surface area contributed by atoms with Crippen LogP contribution in [0.5, 0.6) is 0 Å². The summed E-state index contributed by atoms with van der Waals surface area (Å²) in [5.74, 6) is 0. The second-order valence-corrected chi connectivity index (χ2v) is 6.84. The van der Waals surface area contributed by atoms with Crippen molar-refractivity contribution < 1.29 is 0 Å². The predicted octanol–water partition coefficient (Wildman–Crippen LogP) is 4.05. The lowest BCUT2D eigenvalue weighted by Gasteiger charge is -2.25. The minimum absolute atomic E-state index is 0.218. The molecule has 1 nitrogen and oxygen atoms in total. The lowest BCUT2D eigenvalue weighted by molar-refractivity contribution is 0.356. The third-order valence-electron chi connectivity index (χ3n) is 3.44. The first-order chi connectivity index (χ1) is 7.89. The maximum atomic E-state index is 5.91. The molecule has 0 radical (unpaired) electrons. The first-order valence-corrected chi connectivity index (χ1v) is 6.76. The Morgan fingerprint density at radius 3 is 2.24 bits per heavy atom. The molecule has 0 spiro atoms. The maximum absolute atomic E-state index is 5.91. The Labute approximate surface area is 110 Å². The van der Waals surface area contributed by atoms with Crippen molar-refractivity contribution in [1.82, 2.24) is 5.32 Å². The van der Waals surface area contributed by atoms with E-state index in [9.17, 15) is 0 Å². The molecule has 94 valence electrons. The molecule has 1 N–H and O–H groups in total. The van der Waals surface area contributed by atoms with Gasteiger partial charge in [0.15, 0.2) is 0 Å². The highest BCUT2D eigenvalue weighted by Gasteiger charge is 2.42. The van der Waals surface area contributed by atoms with E-state index in [4.69, 9.17) is 11.6 Å². The van der Waals surface area contributed by atoms with Crippen molar-refractivity contribution in [2.24, 2.45) is 5.41 Å². The molecule has 0 aromatic heterocycles. The van der Waals surface area contributed by atoms with Crippen LogP contribution in [0, 0.1) is 5.41 Å².